The predicted octanol–water partition coefficient (Wildman–Crippen LogP) is 1.25. The van der Waals surface area contributed by atoms with Crippen molar-refractivity contribution < 1.29 is 25.2 Å². The Hall–Kier alpha value is -1.48. The first-order valence-corrected chi connectivity index (χ1v) is 8.57. The van der Waals surface area contributed by atoms with E-state index in [9.17, 15) is 4.79 Å². The normalized spacial score (nSPS) is 15.0. The molecule has 1 aromatic carbocycles. The van der Waals surface area contributed by atoms with Crippen molar-refractivity contribution in [1.82, 2.24) is 9.21 Å². The zero-order chi connectivity index (χ0) is 17.0. The van der Waals surface area contributed by atoms with Crippen LogP contribution in [0.15, 0.2) is 23.1 Å². The SMILES string of the molecule is COc1ccc(OC)c(SN2CCN(C(=O)C(C)(C)C)CC2)c1.O.O. The highest BCUT2D eigenvalue weighted by Crippen LogP contribution is 2.35. The number of amides is 1. The zero-order valence-corrected chi connectivity index (χ0v) is 16.4. The van der Waals surface area contributed by atoms with Gasteiger partial charge in [0.2, 0.25) is 5.91 Å². The number of benzene rings is 1. The van der Waals surface area contributed by atoms with Gasteiger partial charge >= 0.3 is 0 Å². The molecule has 1 fully saturated rings. The third-order valence-electron chi connectivity index (χ3n) is 3.77. The van der Waals surface area contributed by atoms with E-state index in [1.165, 1.54) is 0 Å². The highest BCUT2D eigenvalue weighted by Gasteiger charge is 2.30. The molecule has 0 spiro atoms. The van der Waals surface area contributed by atoms with Crippen LogP contribution in [0.5, 0.6) is 11.5 Å². The maximum atomic E-state index is 12.3. The molecule has 1 aliphatic heterocycles. The summed E-state index contributed by atoms with van der Waals surface area (Å²) < 4.78 is 13.0. The van der Waals surface area contributed by atoms with Gasteiger partial charge in [-0.3, -0.25) is 4.79 Å². The summed E-state index contributed by atoms with van der Waals surface area (Å²) in [6.45, 7) is 9.11. The number of methoxy groups -OCH3 is 2. The molecule has 0 radical (unpaired) electrons. The minimum absolute atomic E-state index is 0. The smallest absolute Gasteiger partial charge is 0.228 e. The minimum atomic E-state index is -0.314. The van der Waals surface area contributed by atoms with Gasteiger partial charge in [-0.1, -0.05) is 20.8 Å². The fraction of sp³-hybridized carbons (Fsp3) is 0.588. The van der Waals surface area contributed by atoms with Crippen molar-refractivity contribution in [2.45, 2.75) is 25.7 Å². The van der Waals surface area contributed by atoms with Gasteiger partial charge in [0.1, 0.15) is 11.5 Å². The number of hydrogen-bond donors (Lipinski definition) is 0. The second kappa shape index (κ2) is 9.86. The first kappa shape index (κ1) is 23.5. The second-order valence-electron chi connectivity index (χ2n) is 6.58. The van der Waals surface area contributed by atoms with Crippen molar-refractivity contribution in [3.05, 3.63) is 18.2 Å². The number of carbonyl (C=O) groups is 1. The van der Waals surface area contributed by atoms with Crippen molar-refractivity contribution >= 4 is 17.9 Å². The summed E-state index contributed by atoms with van der Waals surface area (Å²) in [5.41, 5.74) is -0.314. The Morgan fingerprint density at radius 2 is 1.64 bits per heavy atom. The molecular weight excluding hydrogens is 344 g/mol. The number of carbonyl (C=O) groups excluding carboxylic acids is 1. The lowest BCUT2D eigenvalue weighted by Crippen LogP contribution is -2.49. The van der Waals surface area contributed by atoms with Crippen LogP contribution in [0.2, 0.25) is 0 Å². The summed E-state index contributed by atoms with van der Waals surface area (Å²) in [5.74, 6) is 1.87. The van der Waals surface area contributed by atoms with E-state index in [0.29, 0.717) is 0 Å². The molecule has 1 aromatic rings. The molecule has 0 saturated carbocycles. The molecule has 8 heteroatoms. The second-order valence-corrected chi connectivity index (χ2v) is 7.72. The summed E-state index contributed by atoms with van der Waals surface area (Å²) in [6, 6.07) is 5.79. The van der Waals surface area contributed by atoms with Crippen LogP contribution < -0.4 is 9.47 Å². The van der Waals surface area contributed by atoms with E-state index in [1.54, 1.807) is 26.2 Å². The number of ether oxygens (including phenoxy) is 2. The molecule has 1 saturated heterocycles. The first-order valence-electron chi connectivity index (χ1n) is 7.79. The van der Waals surface area contributed by atoms with Crippen molar-refractivity contribution in [2.24, 2.45) is 5.41 Å². The van der Waals surface area contributed by atoms with Gasteiger partial charge in [-0.05, 0) is 30.1 Å². The predicted molar refractivity (Wildman–Crippen MR) is 100 cm³/mol. The third-order valence-corrected chi connectivity index (χ3v) is 4.90. The van der Waals surface area contributed by atoms with Crippen LogP contribution in [0.25, 0.3) is 0 Å². The number of nitrogens with zero attached hydrogens (tertiary/aromatic N) is 2. The standard InChI is InChI=1S/C17H26N2O3S.2H2O/c1-17(2,3)16(20)18-8-10-19(11-9-18)23-15-12-13(21-4)6-7-14(15)22-5;;/h6-7,12H,8-11H2,1-5H3;2*1H2. The Morgan fingerprint density at radius 3 is 2.12 bits per heavy atom. The molecular formula is C17H30N2O5S. The molecule has 7 nitrogen and oxygen atoms in total. The fourth-order valence-corrected chi connectivity index (χ4v) is 3.49. The van der Waals surface area contributed by atoms with Crippen LogP contribution in [0.1, 0.15) is 20.8 Å². The first-order chi connectivity index (χ1) is 10.8. The Labute approximate surface area is 154 Å². The van der Waals surface area contributed by atoms with Crippen molar-refractivity contribution in [2.75, 3.05) is 40.4 Å². The molecule has 0 aromatic heterocycles. The van der Waals surface area contributed by atoms with Gasteiger partial charge in [0, 0.05) is 31.6 Å². The number of piperazine rings is 1. The molecule has 0 bridgehead atoms. The largest absolute Gasteiger partial charge is 0.497 e. The highest BCUT2D eigenvalue weighted by molar-refractivity contribution is 7.97. The molecule has 0 unspecified atom stereocenters. The summed E-state index contributed by atoms with van der Waals surface area (Å²) in [6.07, 6.45) is 0. The van der Waals surface area contributed by atoms with Crippen LogP contribution in [0.3, 0.4) is 0 Å². The number of hydrogen-bond acceptors (Lipinski definition) is 5. The molecule has 0 aliphatic carbocycles. The lowest BCUT2D eigenvalue weighted by molar-refractivity contribution is -0.140. The van der Waals surface area contributed by atoms with E-state index in [4.69, 9.17) is 9.47 Å². The maximum Gasteiger partial charge on any atom is 0.228 e. The lowest BCUT2D eigenvalue weighted by Gasteiger charge is -2.37. The Kier molecular flexibility index (Phi) is 9.28. The van der Waals surface area contributed by atoms with Gasteiger partial charge in [-0.2, -0.15) is 0 Å². The van der Waals surface area contributed by atoms with Gasteiger partial charge in [0.05, 0.1) is 19.1 Å². The Balaban J connectivity index is 0.00000288. The van der Waals surface area contributed by atoms with E-state index >= 15 is 0 Å². The topological polar surface area (TPSA) is 105 Å². The van der Waals surface area contributed by atoms with Crippen molar-refractivity contribution in [3.63, 3.8) is 0 Å². The van der Waals surface area contributed by atoms with Gasteiger partial charge in [0.25, 0.3) is 0 Å². The van der Waals surface area contributed by atoms with E-state index < -0.39 is 0 Å². The Morgan fingerprint density at radius 1 is 1.04 bits per heavy atom. The van der Waals surface area contributed by atoms with Gasteiger partial charge in [-0.15, -0.1) is 0 Å². The van der Waals surface area contributed by atoms with Crippen molar-refractivity contribution in [1.29, 1.82) is 0 Å². The fourth-order valence-electron chi connectivity index (χ4n) is 2.45. The molecule has 1 amide bonds. The van der Waals surface area contributed by atoms with Crippen LogP contribution in [-0.4, -0.2) is 66.5 Å². The molecule has 144 valence electrons. The summed E-state index contributed by atoms with van der Waals surface area (Å²) in [4.78, 5) is 15.3. The Bertz CT molecular complexity index is 554. The average Bonchev–Trinajstić information content (AvgIpc) is 2.54. The summed E-state index contributed by atoms with van der Waals surface area (Å²) >= 11 is 1.66. The van der Waals surface area contributed by atoms with Crippen LogP contribution in [-0.2, 0) is 4.79 Å². The van der Waals surface area contributed by atoms with Crippen LogP contribution >= 0.6 is 11.9 Å². The average molecular weight is 375 g/mol. The van der Waals surface area contributed by atoms with E-state index in [0.717, 1.165) is 42.6 Å². The van der Waals surface area contributed by atoms with Gasteiger partial charge in [0.15, 0.2) is 0 Å². The molecule has 1 aliphatic rings. The molecule has 25 heavy (non-hydrogen) atoms. The van der Waals surface area contributed by atoms with Crippen molar-refractivity contribution in [3.8, 4) is 11.5 Å². The summed E-state index contributed by atoms with van der Waals surface area (Å²) in [5, 5.41) is 0. The molecule has 4 N–H and O–H groups in total. The van der Waals surface area contributed by atoms with Crippen LogP contribution in [0, 0.1) is 5.41 Å². The monoisotopic (exact) mass is 374 g/mol. The quantitative estimate of drug-likeness (QED) is 0.738. The van der Waals surface area contributed by atoms with Gasteiger partial charge < -0.3 is 25.3 Å². The lowest BCUT2D eigenvalue weighted by atomic mass is 9.94. The number of rotatable bonds is 4. The van der Waals surface area contributed by atoms with E-state index in [2.05, 4.69) is 4.31 Å². The maximum absolute atomic E-state index is 12.3. The summed E-state index contributed by atoms with van der Waals surface area (Å²) in [7, 11) is 3.33. The van der Waals surface area contributed by atoms with Gasteiger partial charge in [-0.25, -0.2) is 4.31 Å². The van der Waals surface area contributed by atoms with Crippen LogP contribution in [0.4, 0.5) is 0 Å². The molecule has 2 rings (SSSR count). The van der Waals surface area contributed by atoms with E-state index in [1.807, 2.05) is 43.9 Å². The third kappa shape index (κ3) is 6.07. The zero-order valence-electron chi connectivity index (χ0n) is 15.6. The van der Waals surface area contributed by atoms with E-state index in [-0.39, 0.29) is 22.3 Å². The molecule has 1 heterocycles. The minimum Gasteiger partial charge on any atom is -0.497 e. The highest BCUT2D eigenvalue weighted by atomic mass is 32.2. The molecule has 0 atom stereocenters.